The number of nitrogens with one attached hydrogen (secondary N) is 1. The predicted molar refractivity (Wildman–Crippen MR) is 122 cm³/mol. The molecular formula is C25H24ClN3O6. The van der Waals surface area contributed by atoms with Crippen LogP contribution in [0.1, 0.15) is 29.5 Å². The number of rotatable bonds is 6. The van der Waals surface area contributed by atoms with Crippen molar-refractivity contribution in [2.45, 2.75) is 37.9 Å². The minimum absolute atomic E-state index is 0.0427. The molecule has 10 heteroatoms. The van der Waals surface area contributed by atoms with E-state index in [-0.39, 0.29) is 19.4 Å². The summed E-state index contributed by atoms with van der Waals surface area (Å²) in [5.41, 5.74) is 1.18. The van der Waals surface area contributed by atoms with Gasteiger partial charge in [0.2, 0.25) is 17.4 Å². The number of methoxy groups -OCH3 is 1. The molecule has 0 radical (unpaired) electrons. The number of imide groups is 1. The monoisotopic (exact) mass is 497 g/mol. The number of carbonyl (C=O) groups is 4. The first kappa shape index (κ1) is 23.3. The van der Waals surface area contributed by atoms with E-state index in [1.807, 2.05) is 6.92 Å². The summed E-state index contributed by atoms with van der Waals surface area (Å²) in [6, 6.07) is 9.80. The van der Waals surface area contributed by atoms with Crippen molar-refractivity contribution in [2.24, 2.45) is 11.8 Å². The van der Waals surface area contributed by atoms with Gasteiger partial charge in [-0.25, -0.2) is 0 Å². The van der Waals surface area contributed by atoms with Gasteiger partial charge in [0.05, 0.1) is 19.3 Å². The molecule has 3 amide bonds. The Balaban J connectivity index is 1.58. The lowest BCUT2D eigenvalue weighted by Gasteiger charge is -2.26. The van der Waals surface area contributed by atoms with E-state index in [1.54, 1.807) is 48.8 Å². The van der Waals surface area contributed by atoms with Crippen molar-refractivity contribution in [1.29, 1.82) is 0 Å². The highest BCUT2D eigenvalue weighted by Crippen LogP contribution is 2.51. The second kappa shape index (κ2) is 8.35. The third-order valence-electron chi connectivity index (χ3n) is 7.41. The molecule has 0 bridgehead atoms. The summed E-state index contributed by atoms with van der Waals surface area (Å²) in [5.74, 6) is -3.72. The van der Waals surface area contributed by atoms with Crippen LogP contribution >= 0.6 is 11.6 Å². The fraction of sp³-hybridized carbons (Fsp3) is 0.360. The van der Waals surface area contributed by atoms with Crippen LogP contribution in [0.15, 0.2) is 36.4 Å². The molecule has 1 spiro atoms. The van der Waals surface area contributed by atoms with Crippen LogP contribution in [-0.4, -0.2) is 41.7 Å². The van der Waals surface area contributed by atoms with Gasteiger partial charge in [-0.2, -0.15) is 0 Å². The quantitative estimate of drug-likeness (QED) is 0.543. The van der Waals surface area contributed by atoms with Crippen molar-refractivity contribution in [2.75, 3.05) is 12.4 Å². The topological polar surface area (TPSA) is 132 Å². The number of ether oxygens (including phenoxy) is 1. The molecule has 3 heterocycles. The molecule has 2 aromatic rings. The van der Waals surface area contributed by atoms with Gasteiger partial charge in [-0.1, -0.05) is 23.7 Å². The van der Waals surface area contributed by atoms with Crippen LogP contribution in [0.25, 0.3) is 0 Å². The number of likely N-dealkylation sites (tertiary alicyclic amines) is 1. The van der Waals surface area contributed by atoms with E-state index in [1.165, 1.54) is 4.90 Å². The highest BCUT2D eigenvalue weighted by atomic mass is 35.5. The molecule has 2 saturated heterocycles. The summed E-state index contributed by atoms with van der Waals surface area (Å²) < 4.78 is 5.17. The van der Waals surface area contributed by atoms with Gasteiger partial charge in [0.15, 0.2) is 0 Å². The fourth-order valence-electron chi connectivity index (χ4n) is 5.87. The maximum atomic E-state index is 13.8. The van der Waals surface area contributed by atoms with Crippen molar-refractivity contribution < 1.29 is 34.3 Å². The number of anilines is 1. The predicted octanol–water partition coefficient (Wildman–Crippen LogP) is 0.0815. The zero-order chi connectivity index (χ0) is 25.1. The summed E-state index contributed by atoms with van der Waals surface area (Å²) in [4.78, 5) is 53.4. The minimum atomic E-state index is -1.41. The first-order valence-corrected chi connectivity index (χ1v) is 11.7. The lowest BCUT2D eigenvalue weighted by atomic mass is 9.76. The molecule has 182 valence electrons. The van der Waals surface area contributed by atoms with E-state index in [9.17, 15) is 24.3 Å². The first-order valence-electron chi connectivity index (χ1n) is 11.3. The highest BCUT2D eigenvalue weighted by Gasteiger charge is 2.74. The number of carboxylic acids is 1. The zero-order valence-electron chi connectivity index (χ0n) is 19.2. The van der Waals surface area contributed by atoms with Gasteiger partial charge in [-0.15, -0.1) is 0 Å². The van der Waals surface area contributed by atoms with E-state index >= 15 is 0 Å². The maximum absolute atomic E-state index is 13.8. The smallest absolute Gasteiger partial charge is 0.291 e. The average Bonchev–Trinajstić information content (AvgIpc) is 3.39. The number of aliphatic carboxylic acids is 1. The van der Waals surface area contributed by atoms with Crippen molar-refractivity contribution in [1.82, 2.24) is 4.90 Å². The molecular weight excluding hydrogens is 474 g/mol. The molecule has 0 aromatic heterocycles. The van der Waals surface area contributed by atoms with Crippen molar-refractivity contribution in [3.8, 4) is 5.75 Å². The number of amides is 3. The molecule has 4 atom stereocenters. The Morgan fingerprint density at radius 2 is 1.91 bits per heavy atom. The largest absolute Gasteiger partial charge is 0.550 e. The molecule has 9 nitrogen and oxygen atoms in total. The minimum Gasteiger partial charge on any atom is -0.550 e. The number of hydrogen-bond acceptors (Lipinski definition) is 6. The Morgan fingerprint density at radius 3 is 2.57 bits per heavy atom. The SMILES string of the molecule is COc1ccc(CN2C(=O)[C@H]3[C@@H](C2=O)[C@@]2([NH2+][C@@H]3CCC(=O)[O-])C(=O)Nc3c(C)cc(Cl)cc32)cc1. The number of aryl methyl sites for hydroxylation is 1. The Morgan fingerprint density at radius 1 is 1.20 bits per heavy atom. The Bertz CT molecular complexity index is 1260. The number of quaternary nitrogens is 1. The van der Waals surface area contributed by atoms with Crippen LogP contribution in [0, 0.1) is 18.8 Å². The first-order chi connectivity index (χ1) is 16.7. The van der Waals surface area contributed by atoms with Crippen LogP contribution in [0.3, 0.4) is 0 Å². The van der Waals surface area contributed by atoms with E-state index in [0.717, 1.165) is 11.1 Å². The molecule has 3 N–H and O–H groups in total. The van der Waals surface area contributed by atoms with Gasteiger partial charge in [-0.3, -0.25) is 19.3 Å². The molecule has 0 unspecified atom stereocenters. The lowest BCUT2D eigenvalue weighted by Crippen LogP contribution is -2.99. The normalized spacial score (nSPS) is 26.8. The Kier molecular flexibility index (Phi) is 5.56. The zero-order valence-corrected chi connectivity index (χ0v) is 19.9. The number of carbonyl (C=O) groups excluding carboxylic acids is 4. The van der Waals surface area contributed by atoms with Crippen LogP contribution in [0.5, 0.6) is 5.75 Å². The highest BCUT2D eigenvalue weighted by molar-refractivity contribution is 6.31. The summed E-state index contributed by atoms with van der Waals surface area (Å²) in [6.45, 7) is 1.85. The van der Waals surface area contributed by atoms with E-state index < -0.39 is 47.1 Å². The van der Waals surface area contributed by atoms with Gasteiger partial charge in [-0.05, 0) is 48.7 Å². The van der Waals surface area contributed by atoms with Crippen molar-refractivity contribution >= 4 is 41.0 Å². The number of halogens is 1. The number of hydrogen-bond donors (Lipinski definition) is 2. The number of nitrogens with two attached hydrogens (primary N) is 1. The van der Waals surface area contributed by atoms with Crippen LogP contribution < -0.4 is 20.5 Å². The van der Waals surface area contributed by atoms with Gasteiger partial charge < -0.3 is 25.3 Å². The number of carboxylic acid groups (broad SMARTS) is 1. The van der Waals surface area contributed by atoms with E-state index in [2.05, 4.69) is 5.32 Å². The van der Waals surface area contributed by atoms with Gasteiger partial charge >= 0.3 is 0 Å². The molecule has 35 heavy (non-hydrogen) atoms. The summed E-state index contributed by atoms with van der Waals surface area (Å²) in [5, 5.41) is 16.2. The number of fused-ring (bicyclic) bond motifs is 4. The molecule has 5 rings (SSSR count). The third kappa shape index (κ3) is 3.49. The molecule has 0 aliphatic carbocycles. The Hall–Kier alpha value is -3.43. The second-order valence-electron chi connectivity index (χ2n) is 9.32. The van der Waals surface area contributed by atoms with Gasteiger partial charge in [0, 0.05) is 23.0 Å². The summed E-state index contributed by atoms with van der Waals surface area (Å²) >= 11 is 6.33. The van der Waals surface area contributed by atoms with Crippen LogP contribution in [-0.2, 0) is 31.3 Å². The lowest BCUT2D eigenvalue weighted by molar-refractivity contribution is -0.734. The molecule has 0 saturated carbocycles. The number of nitrogens with zero attached hydrogens (tertiary/aromatic N) is 1. The Labute approximate surface area is 206 Å². The van der Waals surface area contributed by atoms with Gasteiger partial charge in [0.25, 0.3) is 5.91 Å². The molecule has 3 aliphatic heterocycles. The summed E-state index contributed by atoms with van der Waals surface area (Å²) in [7, 11) is 1.55. The third-order valence-corrected chi connectivity index (χ3v) is 7.63. The summed E-state index contributed by atoms with van der Waals surface area (Å²) in [6.07, 6.45) is -0.202. The molecule has 2 fully saturated rings. The standard InChI is InChI=1S/C25H24ClN3O6/c1-12-9-14(26)10-16-21(12)27-24(34)25(16)20-19(17(28-25)7-8-18(30)31)22(32)29(23(20)33)11-13-3-5-15(35-2)6-4-13/h3-6,9-10,17,19-20,28H,7-8,11H2,1-2H3,(H,27,34)(H,30,31)/t17-,19-,20+,25-/m1/s1. The van der Waals surface area contributed by atoms with Crippen LogP contribution in [0.4, 0.5) is 5.69 Å². The number of benzene rings is 2. The second-order valence-corrected chi connectivity index (χ2v) is 9.76. The maximum Gasteiger partial charge on any atom is 0.291 e. The fourth-order valence-corrected chi connectivity index (χ4v) is 6.14. The molecule has 2 aromatic carbocycles. The van der Waals surface area contributed by atoms with Crippen molar-refractivity contribution in [3.05, 3.63) is 58.1 Å². The van der Waals surface area contributed by atoms with Crippen molar-refractivity contribution in [3.63, 3.8) is 0 Å². The average molecular weight is 498 g/mol. The van der Waals surface area contributed by atoms with Gasteiger partial charge in [0.1, 0.15) is 23.6 Å². The molecule has 3 aliphatic rings. The van der Waals surface area contributed by atoms with E-state index in [4.69, 9.17) is 16.3 Å². The van der Waals surface area contributed by atoms with E-state index in [0.29, 0.717) is 22.0 Å². The van der Waals surface area contributed by atoms with Crippen LogP contribution in [0.2, 0.25) is 5.02 Å².